The lowest BCUT2D eigenvalue weighted by Gasteiger charge is -2.11. The van der Waals surface area contributed by atoms with Crippen molar-refractivity contribution in [2.24, 2.45) is 10.9 Å². The van der Waals surface area contributed by atoms with Crippen LogP contribution in [-0.2, 0) is 9.53 Å². The van der Waals surface area contributed by atoms with Crippen LogP contribution in [0.5, 0.6) is 0 Å². The number of anilines is 1. The number of hydrogen-bond acceptors (Lipinski definition) is 4. The number of aryl methyl sites for hydroxylation is 1. The van der Waals surface area contributed by atoms with Gasteiger partial charge in [0, 0.05) is 11.3 Å². The molecule has 0 heterocycles. The SMILES string of the molecule is Cc1ccc(/C(N)=N/O)cc1NC(=O)COCC(F)(F)F. The fourth-order valence-electron chi connectivity index (χ4n) is 1.42. The standard InChI is InChI=1S/C12H14F3N3O3/c1-7-2-3-8(11(16)18-20)4-9(7)17-10(19)5-21-6-12(13,14)15/h2-4,20H,5-6H2,1H3,(H2,16,18)(H,17,19). The normalized spacial score (nSPS) is 12.3. The van der Waals surface area contributed by atoms with Gasteiger partial charge in [-0.05, 0) is 18.6 Å². The van der Waals surface area contributed by atoms with Gasteiger partial charge in [0.15, 0.2) is 5.84 Å². The summed E-state index contributed by atoms with van der Waals surface area (Å²) < 4.78 is 39.9. The van der Waals surface area contributed by atoms with Gasteiger partial charge in [-0.3, -0.25) is 4.79 Å². The fraction of sp³-hybridized carbons (Fsp3) is 0.333. The van der Waals surface area contributed by atoms with Gasteiger partial charge in [-0.2, -0.15) is 13.2 Å². The summed E-state index contributed by atoms with van der Waals surface area (Å²) >= 11 is 0. The number of halogens is 3. The summed E-state index contributed by atoms with van der Waals surface area (Å²) in [6, 6.07) is 4.62. The maximum atomic E-state index is 11.9. The van der Waals surface area contributed by atoms with Crippen molar-refractivity contribution in [1.82, 2.24) is 0 Å². The predicted molar refractivity (Wildman–Crippen MR) is 69.2 cm³/mol. The zero-order chi connectivity index (χ0) is 16.0. The van der Waals surface area contributed by atoms with Crippen LogP contribution in [0.2, 0.25) is 0 Å². The number of nitrogens with one attached hydrogen (secondary N) is 1. The van der Waals surface area contributed by atoms with Crippen molar-refractivity contribution < 1.29 is 27.9 Å². The first-order chi connectivity index (χ1) is 9.73. The lowest BCUT2D eigenvalue weighted by Crippen LogP contribution is -2.24. The molecule has 0 bridgehead atoms. The average Bonchev–Trinajstić information content (AvgIpc) is 2.39. The van der Waals surface area contributed by atoms with E-state index in [4.69, 9.17) is 10.9 Å². The molecule has 0 saturated carbocycles. The lowest BCUT2D eigenvalue weighted by molar-refractivity contribution is -0.174. The smallest absolute Gasteiger partial charge is 0.409 e. The third-order valence-corrected chi connectivity index (χ3v) is 2.41. The summed E-state index contributed by atoms with van der Waals surface area (Å²) in [5, 5.41) is 13.8. The van der Waals surface area contributed by atoms with Crippen molar-refractivity contribution in [3.8, 4) is 0 Å². The monoisotopic (exact) mass is 305 g/mol. The Morgan fingerprint density at radius 2 is 2.14 bits per heavy atom. The van der Waals surface area contributed by atoms with Crippen LogP contribution in [0.25, 0.3) is 0 Å². The molecule has 1 amide bonds. The lowest BCUT2D eigenvalue weighted by atomic mass is 10.1. The summed E-state index contributed by atoms with van der Waals surface area (Å²) in [6.07, 6.45) is -4.48. The largest absolute Gasteiger partial charge is 0.411 e. The number of benzene rings is 1. The van der Waals surface area contributed by atoms with Crippen LogP contribution >= 0.6 is 0 Å². The molecule has 0 spiro atoms. The van der Waals surface area contributed by atoms with E-state index in [2.05, 4.69) is 15.2 Å². The van der Waals surface area contributed by atoms with Crippen LogP contribution in [0.15, 0.2) is 23.4 Å². The van der Waals surface area contributed by atoms with E-state index >= 15 is 0 Å². The molecule has 0 aliphatic heterocycles. The molecule has 116 valence electrons. The molecule has 0 aliphatic carbocycles. The van der Waals surface area contributed by atoms with Crippen molar-refractivity contribution in [3.63, 3.8) is 0 Å². The highest BCUT2D eigenvalue weighted by atomic mass is 19.4. The van der Waals surface area contributed by atoms with Gasteiger partial charge in [-0.15, -0.1) is 0 Å². The van der Waals surface area contributed by atoms with Gasteiger partial charge < -0.3 is 21.0 Å². The van der Waals surface area contributed by atoms with Gasteiger partial charge >= 0.3 is 6.18 Å². The van der Waals surface area contributed by atoms with Gasteiger partial charge in [0.25, 0.3) is 0 Å². The van der Waals surface area contributed by atoms with Gasteiger partial charge in [-0.1, -0.05) is 17.3 Å². The average molecular weight is 305 g/mol. The van der Waals surface area contributed by atoms with Crippen LogP contribution in [0, 0.1) is 6.92 Å². The van der Waals surface area contributed by atoms with Crippen molar-refractivity contribution >= 4 is 17.4 Å². The Labute approximate surface area is 118 Å². The van der Waals surface area contributed by atoms with Crippen LogP contribution in [0.4, 0.5) is 18.9 Å². The number of carbonyl (C=O) groups is 1. The van der Waals surface area contributed by atoms with E-state index in [0.29, 0.717) is 16.8 Å². The maximum Gasteiger partial charge on any atom is 0.411 e. The minimum Gasteiger partial charge on any atom is -0.409 e. The van der Waals surface area contributed by atoms with E-state index in [1.165, 1.54) is 6.07 Å². The third kappa shape index (κ3) is 5.69. The molecule has 0 unspecified atom stereocenters. The number of hydrogen-bond donors (Lipinski definition) is 3. The van der Waals surface area contributed by atoms with Gasteiger partial charge in [-0.25, -0.2) is 0 Å². The Morgan fingerprint density at radius 3 is 2.71 bits per heavy atom. The van der Waals surface area contributed by atoms with Crippen molar-refractivity contribution in [3.05, 3.63) is 29.3 Å². The predicted octanol–water partition coefficient (Wildman–Crippen LogP) is 1.61. The second-order valence-electron chi connectivity index (χ2n) is 4.17. The number of oxime groups is 1. The summed E-state index contributed by atoms with van der Waals surface area (Å²) in [7, 11) is 0. The van der Waals surface area contributed by atoms with Crippen LogP contribution in [0.1, 0.15) is 11.1 Å². The number of ether oxygens (including phenoxy) is 1. The van der Waals surface area contributed by atoms with E-state index in [1.54, 1.807) is 19.1 Å². The molecule has 0 fully saturated rings. The topological polar surface area (TPSA) is 96.9 Å². The van der Waals surface area contributed by atoms with E-state index in [-0.39, 0.29) is 5.84 Å². The molecule has 1 aromatic carbocycles. The zero-order valence-electron chi connectivity index (χ0n) is 11.1. The molecule has 1 aromatic rings. The van der Waals surface area contributed by atoms with E-state index in [0.717, 1.165) is 0 Å². The van der Waals surface area contributed by atoms with Crippen molar-refractivity contribution in [2.45, 2.75) is 13.1 Å². The zero-order valence-corrected chi connectivity index (χ0v) is 11.1. The van der Waals surface area contributed by atoms with E-state index < -0.39 is 25.3 Å². The molecule has 9 heteroatoms. The van der Waals surface area contributed by atoms with Crippen molar-refractivity contribution in [2.75, 3.05) is 18.5 Å². The molecular formula is C12H14F3N3O3. The Hall–Kier alpha value is -2.29. The molecule has 21 heavy (non-hydrogen) atoms. The summed E-state index contributed by atoms with van der Waals surface area (Å²) in [5.74, 6) is -0.891. The molecule has 0 aromatic heterocycles. The number of nitrogens with two attached hydrogens (primary N) is 1. The number of amidine groups is 1. The molecule has 4 N–H and O–H groups in total. The van der Waals surface area contributed by atoms with Gasteiger partial charge in [0.05, 0.1) is 0 Å². The highest BCUT2D eigenvalue weighted by Gasteiger charge is 2.27. The van der Waals surface area contributed by atoms with E-state index in [1.807, 2.05) is 0 Å². The van der Waals surface area contributed by atoms with Gasteiger partial charge in [0.2, 0.25) is 5.91 Å². The van der Waals surface area contributed by atoms with Crippen molar-refractivity contribution in [1.29, 1.82) is 0 Å². The first-order valence-electron chi connectivity index (χ1n) is 5.76. The number of nitrogens with zero attached hydrogens (tertiary/aromatic N) is 1. The van der Waals surface area contributed by atoms with Crippen LogP contribution in [0.3, 0.4) is 0 Å². The summed E-state index contributed by atoms with van der Waals surface area (Å²) in [5.41, 5.74) is 6.76. The molecule has 0 aliphatic rings. The summed E-state index contributed by atoms with van der Waals surface area (Å²) in [6.45, 7) is -0.543. The fourth-order valence-corrected chi connectivity index (χ4v) is 1.42. The third-order valence-electron chi connectivity index (χ3n) is 2.41. The molecule has 0 atom stereocenters. The van der Waals surface area contributed by atoms with Crippen LogP contribution in [-0.4, -0.2) is 36.3 Å². The molecule has 0 saturated heterocycles. The molecule has 1 rings (SSSR count). The van der Waals surface area contributed by atoms with E-state index in [9.17, 15) is 18.0 Å². The molecule has 0 radical (unpaired) electrons. The highest BCUT2D eigenvalue weighted by Crippen LogP contribution is 2.17. The Bertz CT molecular complexity index is 544. The quantitative estimate of drug-likeness (QED) is 0.333. The Balaban J connectivity index is 2.67. The van der Waals surface area contributed by atoms with Crippen LogP contribution < -0.4 is 11.1 Å². The summed E-state index contributed by atoms with van der Waals surface area (Å²) in [4.78, 5) is 11.5. The second-order valence-corrected chi connectivity index (χ2v) is 4.17. The number of amides is 1. The first-order valence-corrected chi connectivity index (χ1v) is 5.76. The number of rotatable bonds is 5. The minimum atomic E-state index is -4.48. The first kappa shape index (κ1) is 16.8. The highest BCUT2D eigenvalue weighted by molar-refractivity contribution is 5.99. The number of carbonyl (C=O) groups excluding carboxylic acids is 1. The minimum absolute atomic E-state index is 0.154. The second kappa shape index (κ2) is 6.93. The molecule has 6 nitrogen and oxygen atoms in total. The molecular weight excluding hydrogens is 291 g/mol. The number of alkyl halides is 3. The Kier molecular flexibility index (Phi) is 5.53. The van der Waals surface area contributed by atoms with Gasteiger partial charge in [0.1, 0.15) is 13.2 Å². The maximum absolute atomic E-state index is 11.9. The Morgan fingerprint density at radius 1 is 1.48 bits per heavy atom.